The van der Waals surface area contributed by atoms with Gasteiger partial charge in [-0.05, 0) is 10.0 Å². The fourth-order valence-electron chi connectivity index (χ4n) is 1.22. The third-order valence-electron chi connectivity index (χ3n) is 1.98. The van der Waals surface area contributed by atoms with Crippen LogP contribution >= 0.6 is 0 Å². The first-order chi connectivity index (χ1) is 8.06. The SMILES string of the molecule is N/C(=N\O)c1c[nH]n2c(=O)c([N+](=O)[O-])nnc12.[H-].[Na+]. The Hall–Kier alpha value is -1.98. The van der Waals surface area contributed by atoms with E-state index in [0.29, 0.717) is 0 Å². The van der Waals surface area contributed by atoms with Gasteiger partial charge in [-0.1, -0.05) is 5.16 Å². The molecule has 0 saturated heterocycles. The van der Waals surface area contributed by atoms with E-state index in [2.05, 4.69) is 20.5 Å². The number of amidine groups is 1. The van der Waals surface area contributed by atoms with Gasteiger partial charge in [-0.25, -0.2) is 0 Å². The van der Waals surface area contributed by atoms with Crippen LogP contribution in [0.3, 0.4) is 0 Å². The van der Waals surface area contributed by atoms with E-state index < -0.39 is 16.3 Å². The number of fused-ring (bicyclic) bond motifs is 1. The molecule has 11 nitrogen and oxygen atoms in total. The minimum atomic E-state index is -0.989. The first-order valence-corrected chi connectivity index (χ1v) is 4.15. The summed E-state index contributed by atoms with van der Waals surface area (Å²) in [7, 11) is 0. The number of nitrogens with one attached hydrogen (secondary N) is 1. The van der Waals surface area contributed by atoms with E-state index in [9.17, 15) is 14.9 Å². The molecule has 0 amide bonds. The van der Waals surface area contributed by atoms with Crippen molar-refractivity contribution in [2.45, 2.75) is 0 Å². The monoisotopic (exact) mass is 263 g/mol. The van der Waals surface area contributed by atoms with E-state index >= 15 is 0 Å². The minimum Gasteiger partial charge on any atom is -1.00 e. The fraction of sp³-hybridized carbons (Fsp3) is 0. The number of hydrogen-bond donors (Lipinski definition) is 3. The summed E-state index contributed by atoms with van der Waals surface area (Å²) < 4.78 is 0.776. The predicted molar refractivity (Wildman–Crippen MR) is 53.9 cm³/mol. The molecule has 0 bridgehead atoms. The Morgan fingerprint density at radius 1 is 1.67 bits per heavy atom. The number of rotatable bonds is 2. The van der Waals surface area contributed by atoms with Crippen LogP contribution in [-0.2, 0) is 0 Å². The van der Waals surface area contributed by atoms with Crippen molar-refractivity contribution in [3.05, 3.63) is 32.2 Å². The van der Waals surface area contributed by atoms with E-state index in [1.807, 2.05) is 0 Å². The molecular formula is C6H6N7NaO4. The average molecular weight is 263 g/mol. The van der Waals surface area contributed by atoms with Crippen molar-refractivity contribution in [1.29, 1.82) is 0 Å². The molecule has 0 aromatic carbocycles. The van der Waals surface area contributed by atoms with Crippen molar-refractivity contribution < 1.29 is 41.1 Å². The number of nitrogens with two attached hydrogens (primary N) is 1. The van der Waals surface area contributed by atoms with Crippen LogP contribution in [0.2, 0.25) is 0 Å². The van der Waals surface area contributed by atoms with Crippen LogP contribution in [0, 0.1) is 10.1 Å². The van der Waals surface area contributed by atoms with Crippen molar-refractivity contribution in [1.82, 2.24) is 19.8 Å². The molecule has 2 rings (SSSR count). The second-order valence-corrected chi connectivity index (χ2v) is 2.92. The maximum absolute atomic E-state index is 11.5. The number of nitro groups is 1. The summed E-state index contributed by atoms with van der Waals surface area (Å²) in [5.41, 5.74) is 4.36. The van der Waals surface area contributed by atoms with Crippen LogP contribution in [0.1, 0.15) is 6.99 Å². The normalized spacial score (nSPS) is 11.2. The maximum atomic E-state index is 11.5. The summed E-state index contributed by atoms with van der Waals surface area (Å²) in [4.78, 5) is 21.0. The zero-order valence-electron chi connectivity index (χ0n) is 10.1. The van der Waals surface area contributed by atoms with Gasteiger partial charge in [0.05, 0.1) is 10.7 Å². The van der Waals surface area contributed by atoms with Crippen LogP contribution in [0.4, 0.5) is 5.82 Å². The number of nitrogens with zero attached hydrogens (tertiary/aromatic N) is 5. The Balaban J connectivity index is 0.00000162. The van der Waals surface area contributed by atoms with Crippen molar-refractivity contribution in [3.63, 3.8) is 0 Å². The van der Waals surface area contributed by atoms with Crippen molar-refractivity contribution in [3.8, 4) is 0 Å². The summed E-state index contributed by atoms with van der Waals surface area (Å²) in [6.45, 7) is 0. The molecule has 0 aliphatic rings. The molecule has 0 aliphatic heterocycles. The molecule has 0 fully saturated rings. The second-order valence-electron chi connectivity index (χ2n) is 2.92. The van der Waals surface area contributed by atoms with Gasteiger partial charge in [0.1, 0.15) is 0 Å². The largest absolute Gasteiger partial charge is 1.00 e. The molecule has 0 spiro atoms. The number of H-pyrrole nitrogens is 1. The van der Waals surface area contributed by atoms with Gasteiger partial charge in [-0.15, -0.1) is 0 Å². The predicted octanol–water partition coefficient (Wildman–Crippen LogP) is -4.46. The van der Waals surface area contributed by atoms with Gasteiger partial charge in [0.25, 0.3) is 0 Å². The number of aromatic amines is 1. The van der Waals surface area contributed by atoms with Gasteiger partial charge in [0.15, 0.2) is 5.84 Å². The molecule has 4 N–H and O–H groups in total. The van der Waals surface area contributed by atoms with Crippen molar-refractivity contribution in [2.24, 2.45) is 10.9 Å². The van der Waals surface area contributed by atoms with Gasteiger partial charge in [-0.2, -0.15) is 4.52 Å². The minimum absolute atomic E-state index is 0. The number of aromatic nitrogens is 4. The smallest absolute Gasteiger partial charge is 1.00 e. The van der Waals surface area contributed by atoms with Gasteiger partial charge < -0.3 is 22.5 Å². The van der Waals surface area contributed by atoms with Crippen LogP contribution in [0.15, 0.2) is 16.1 Å². The first kappa shape index (κ1) is 14.1. The summed E-state index contributed by atoms with van der Waals surface area (Å²) >= 11 is 0. The quantitative estimate of drug-likeness (QED) is 0.123. The van der Waals surface area contributed by atoms with Crippen LogP contribution in [-0.4, -0.2) is 35.8 Å². The molecule has 0 radical (unpaired) electrons. The fourth-order valence-corrected chi connectivity index (χ4v) is 1.22. The Morgan fingerprint density at radius 2 is 2.33 bits per heavy atom. The molecule has 2 aromatic rings. The first-order valence-electron chi connectivity index (χ1n) is 4.15. The second kappa shape index (κ2) is 5.12. The van der Waals surface area contributed by atoms with Crippen LogP contribution in [0.25, 0.3) is 5.65 Å². The summed E-state index contributed by atoms with van der Waals surface area (Å²) in [5, 5.41) is 30.7. The Kier molecular flexibility index (Phi) is 4.00. The molecule has 0 unspecified atom stereocenters. The standard InChI is InChI=1S/C6H5N7O4.Na.H/c7-3(11-15)2-1-8-12-4(2)9-10-5(6(12)14)13(16)17;;/h1,8,15H,(H2,7,11);;/q;+1;-1. The van der Waals surface area contributed by atoms with Gasteiger partial charge in [-0.3, -0.25) is 9.89 Å². The zero-order chi connectivity index (χ0) is 12.6. The van der Waals surface area contributed by atoms with E-state index in [4.69, 9.17) is 10.9 Å². The molecule has 18 heavy (non-hydrogen) atoms. The number of hydrogen-bond acceptors (Lipinski definition) is 7. The molecule has 90 valence electrons. The zero-order valence-corrected chi connectivity index (χ0v) is 11.1. The van der Waals surface area contributed by atoms with Crippen LogP contribution < -0.4 is 40.9 Å². The summed E-state index contributed by atoms with van der Waals surface area (Å²) in [6, 6.07) is 0. The van der Waals surface area contributed by atoms with E-state index in [1.165, 1.54) is 6.20 Å². The maximum Gasteiger partial charge on any atom is 1.00 e. The molecule has 2 heterocycles. The van der Waals surface area contributed by atoms with Crippen LogP contribution in [0.5, 0.6) is 0 Å². The Labute approximate surface area is 121 Å². The van der Waals surface area contributed by atoms with Gasteiger partial charge >= 0.3 is 40.9 Å². The topological polar surface area (TPSA) is 165 Å². The molecule has 2 aromatic heterocycles. The molecular weight excluding hydrogens is 257 g/mol. The summed E-state index contributed by atoms with van der Waals surface area (Å²) in [6.07, 6.45) is 1.21. The van der Waals surface area contributed by atoms with Gasteiger partial charge in [0, 0.05) is 6.20 Å². The Bertz CT molecular complexity index is 694. The van der Waals surface area contributed by atoms with Gasteiger partial charge in [0.2, 0.25) is 5.65 Å². The third kappa shape index (κ3) is 2.05. The third-order valence-corrected chi connectivity index (χ3v) is 1.98. The van der Waals surface area contributed by atoms with E-state index in [1.54, 1.807) is 0 Å². The molecule has 0 aliphatic carbocycles. The van der Waals surface area contributed by atoms with E-state index in [0.717, 1.165) is 4.52 Å². The van der Waals surface area contributed by atoms with E-state index in [-0.39, 0.29) is 48.0 Å². The Morgan fingerprint density at radius 3 is 2.89 bits per heavy atom. The number of oxime groups is 1. The van der Waals surface area contributed by atoms with Crippen molar-refractivity contribution in [2.75, 3.05) is 0 Å². The molecule has 0 saturated carbocycles. The molecule has 12 heteroatoms. The molecule has 0 atom stereocenters. The average Bonchev–Trinajstić information content (AvgIpc) is 2.72. The van der Waals surface area contributed by atoms with Crippen molar-refractivity contribution >= 4 is 17.3 Å². The summed E-state index contributed by atoms with van der Waals surface area (Å²) in [5.74, 6) is -1.22.